The van der Waals surface area contributed by atoms with E-state index in [0.717, 1.165) is 18.1 Å². The number of carbonyl (C=O) groups is 1. The highest BCUT2D eigenvalue weighted by Gasteiger charge is 2.21. The Morgan fingerprint density at radius 3 is 2.81 bits per heavy atom. The molecule has 21 heavy (non-hydrogen) atoms. The summed E-state index contributed by atoms with van der Waals surface area (Å²) in [5.41, 5.74) is 1.40. The van der Waals surface area contributed by atoms with Crippen LogP contribution in [0, 0.1) is 0 Å². The minimum absolute atomic E-state index is 0.214. The molecule has 0 saturated heterocycles. The van der Waals surface area contributed by atoms with Crippen LogP contribution in [0.15, 0.2) is 22.6 Å². The number of hydrogen-bond acceptors (Lipinski definition) is 5. The normalized spacial score (nSPS) is 22.3. The predicted molar refractivity (Wildman–Crippen MR) is 84.2 cm³/mol. The summed E-state index contributed by atoms with van der Waals surface area (Å²) in [5, 5.41) is 13.1. The summed E-state index contributed by atoms with van der Waals surface area (Å²) in [6.45, 7) is 0. The van der Waals surface area contributed by atoms with Crippen LogP contribution in [0.25, 0.3) is 11.1 Å². The zero-order valence-electron chi connectivity index (χ0n) is 11.8. The van der Waals surface area contributed by atoms with Gasteiger partial charge in [-0.2, -0.15) is 16.7 Å². The van der Waals surface area contributed by atoms with Gasteiger partial charge in [-0.25, -0.2) is 4.79 Å². The van der Waals surface area contributed by atoms with E-state index in [1.807, 2.05) is 11.8 Å². The van der Waals surface area contributed by atoms with Crippen LogP contribution in [0.4, 0.5) is 6.01 Å². The Labute approximate surface area is 127 Å². The van der Waals surface area contributed by atoms with Gasteiger partial charge in [0, 0.05) is 11.3 Å². The predicted octanol–water partition coefficient (Wildman–Crippen LogP) is 3.61. The maximum absolute atomic E-state index is 10.9. The molecule has 0 spiro atoms. The first kappa shape index (κ1) is 14.3. The van der Waals surface area contributed by atoms with Crippen molar-refractivity contribution >= 4 is 34.8 Å². The summed E-state index contributed by atoms with van der Waals surface area (Å²) in [6.07, 6.45) is 6.82. The highest BCUT2D eigenvalue weighted by Crippen LogP contribution is 2.29. The second kappa shape index (κ2) is 5.97. The zero-order chi connectivity index (χ0) is 14.8. The van der Waals surface area contributed by atoms with Gasteiger partial charge in [0.1, 0.15) is 5.52 Å². The van der Waals surface area contributed by atoms with E-state index in [0.29, 0.717) is 23.2 Å². The summed E-state index contributed by atoms with van der Waals surface area (Å²) in [6, 6.07) is 5.61. The van der Waals surface area contributed by atoms with Crippen LogP contribution < -0.4 is 5.32 Å². The van der Waals surface area contributed by atoms with Crippen LogP contribution in [-0.4, -0.2) is 33.6 Å². The smallest absolute Gasteiger partial charge is 0.335 e. The average Bonchev–Trinajstić information content (AvgIpc) is 2.89. The molecule has 1 heterocycles. The molecule has 1 aliphatic carbocycles. The van der Waals surface area contributed by atoms with Crippen molar-refractivity contribution in [1.82, 2.24) is 4.98 Å². The van der Waals surface area contributed by atoms with Crippen LogP contribution in [0.3, 0.4) is 0 Å². The summed E-state index contributed by atoms with van der Waals surface area (Å²) in [7, 11) is 0. The van der Waals surface area contributed by atoms with Gasteiger partial charge in [0.25, 0.3) is 6.01 Å². The second-order valence-electron chi connectivity index (χ2n) is 5.36. The average molecular weight is 306 g/mol. The third-order valence-corrected chi connectivity index (χ3v) is 5.11. The number of oxazole rings is 1. The lowest BCUT2D eigenvalue weighted by molar-refractivity contribution is 0.0697. The fraction of sp³-hybridized carbons (Fsp3) is 0.467. The number of aromatic carboxylic acids is 1. The molecule has 1 saturated carbocycles. The van der Waals surface area contributed by atoms with E-state index in [2.05, 4.69) is 16.6 Å². The highest BCUT2D eigenvalue weighted by molar-refractivity contribution is 7.99. The molecule has 1 fully saturated rings. The minimum Gasteiger partial charge on any atom is -0.478 e. The van der Waals surface area contributed by atoms with E-state index in [-0.39, 0.29) is 5.56 Å². The van der Waals surface area contributed by atoms with Crippen LogP contribution in [0.1, 0.15) is 36.0 Å². The van der Waals surface area contributed by atoms with Gasteiger partial charge in [-0.05, 0) is 50.1 Å². The van der Waals surface area contributed by atoms with Gasteiger partial charge < -0.3 is 14.8 Å². The van der Waals surface area contributed by atoms with Gasteiger partial charge in [-0.1, -0.05) is 0 Å². The number of carboxylic acids is 1. The van der Waals surface area contributed by atoms with E-state index >= 15 is 0 Å². The number of thioether (sulfide) groups is 1. The van der Waals surface area contributed by atoms with Crippen molar-refractivity contribution in [3.8, 4) is 0 Å². The van der Waals surface area contributed by atoms with Crippen molar-refractivity contribution in [3.05, 3.63) is 23.8 Å². The lowest BCUT2D eigenvalue weighted by Gasteiger charge is -2.27. The van der Waals surface area contributed by atoms with Crippen LogP contribution in [0.2, 0.25) is 0 Å². The molecule has 1 aromatic heterocycles. The van der Waals surface area contributed by atoms with E-state index in [1.54, 1.807) is 12.1 Å². The number of rotatable bonds is 4. The number of nitrogens with one attached hydrogen (secondary N) is 1. The molecule has 2 N–H and O–H groups in total. The van der Waals surface area contributed by atoms with Crippen molar-refractivity contribution in [2.45, 2.75) is 37.0 Å². The number of fused-ring (bicyclic) bond motifs is 1. The number of anilines is 1. The van der Waals surface area contributed by atoms with Crippen molar-refractivity contribution in [3.63, 3.8) is 0 Å². The molecular formula is C15H18N2O3S. The molecule has 0 aliphatic heterocycles. The first-order valence-corrected chi connectivity index (χ1v) is 8.37. The summed E-state index contributed by atoms with van der Waals surface area (Å²) < 4.78 is 5.62. The summed E-state index contributed by atoms with van der Waals surface area (Å²) in [5.74, 6) is -0.960. The molecule has 3 rings (SSSR count). The Bertz CT molecular complexity index is 647. The molecule has 0 bridgehead atoms. The third-order valence-electron chi connectivity index (χ3n) is 3.97. The first-order chi connectivity index (χ1) is 10.2. The molecule has 0 radical (unpaired) electrons. The van der Waals surface area contributed by atoms with E-state index in [4.69, 9.17) is 9.52 Å². The lowest BCUT2D eigenvalue weighted by atomic mass is 9.95. The maximum atomic E-state index is 10.9. The number of aromatic nitrogens is 1. The van der Waals surface area contributed by atoms with Gasteiger partial charge in [0.2, 0.25) is 0 Å². The third kappa shape index (κ3) is 3.15. The van der Waals surface area contributed by atoms with E-state index in [1.165, 1.54) is 18.9 Å². The Kier molecular flexibility index (Phi) is 4.05. The molecular weight excluding hydrogens is 288 g/mol. The molecule has 1 aromatic carbocycles. The fourth-order valence-corrected chi connectivity index (χ4v) is 3.48. The first-order valence-electron chi connectivity index (χ1n) is 7.09. The van der Waals surface area contributed by atoms with Crippen LogP contribution in [-0.2, 0) is 0 Å². The molecule has 112 valence electrons. The maximum Gasteiger partial charge on any atom is 0.335 e. The highest BCUT2D eigenvalue weighted by atomic mass is 32.2. The number of benzene rings is 1. The van der Waals surface area contributed by atoms with Crippen LogP contribution in [0.5, 0.6) is 0 Å². The van der Waals surface area contributed by atoms with Crippen molar-refractivity contribution in [2.24, 2.45) is 0 Å². The molecule has 5 nitrogen and oxygen atoms in total. The standard InChI is InChI=1S/C15H18N2O3S/c1-21-11-5-3-10(4-6-11)16-15-17-12-7-2-9(14(18)19)8-13(12)20-15/h2,7-8,10-11H,3-6H2,1H3,(H,16,17)(H,18,19). The zero-order valence-corrected chi connectivity index (χ0v) is 12.7. The molecule has 0 amide bonds. The Morgan fingerprint density at radius 1 is 1.38 bits per heavy atom. The van der Waals surface area contributed by atoms with Gasteiger partial charge in [0.15, 0.2) is 5.58 Å². The van der Waals surface area contributed by atoms with Crippen molar-refractivity contribution in [1.29, 1.82) is 0 Å². The second-order valence-corrected chi connectivity index (χ2v) is 6.50. The van der Waals surface area contributed by atoms with Crippen molar-refractivity contribution in [2.75, 3.05) is 11.6 Å². The molecule has 0 unspecified atom stereocenters. The van der Waals surface area contributed by atoms with Gasteiger partial charge in [-0.3, -0.25) is 0 Å². The quantitative estimate of drug-likeness (QED) is 0.898. The van der Waals surface area contributed by atoms with Gasteiger partial charge in [-0.15, -0.1) is 0 Å². The van der Waals surface area contributed by atoms with Gasteiger partial charge >= 0.3 is 5.97 Å². The summed E-state index contributed by atoms with van der Waals surface area (Å²) in [4.78, 5) is 15.3. The van der Waals surface area contributed by atoms with Crippen molar-refractivity contribution < 1.29 is 14.3 Å². The Morgan fingerprint density at radius 2 is 2.14 bits per heavy atom. The fourth-order valence-electron chi connectivity index (χ4n) is 2.74. The number of hydrogen-bond donors (Lipinski definition) is 2. The van der Waals surface area contributed by atoms with E-state index < -0.39 is 5.97 Å². The molecule has 1 aliphatic rings. The van der Waals surface area contributed by atoms with Gasteiger partial charge in [0.05, 0.1) is 5.56 Å². The topological polar surface area (TPSA) is 75.4 Å². The molecule has 0 atom stereocenters. The number of carboxylic acid groups (broad SMARTS) is 1. The minimum atomic E-state index is -0.960. The number of nitrogens with zero attached hydrogens (tertiary/aromatic N) is 1. The molecule has 2 aromatic rings. The SMILES string of the molecule is CSC1CCC(Nc2nc3ccc(C(=O)O)cc3o2)CC1. The monoisotopic (exact) mass is 306 g/mol. The van der Waals surface area contributed by atoms with Crippen LogP contribution >= 0.6 is 11.8 Å². The largest absolute Gasteiger partial charge is 0.478 e. The summed E-state index contributed by atoms with van der Waals surface area (Å²) >= 11 is 1.94. The van der Waals surface area contributed by atoms with E-state index in [9.17, 15) is 4.79 Å². The Balaban J connectivity index is 1.71. The Hall–Kier alpha value is -1.69. The molecule has 6 heteroatoms. The lowest BCUT2D eigenvalue weighted by Crippen LogP contribution is -2.27.